The van der Waals surface area contributed by atoms with E-state index < -0.39 is 0 Å². The molecule has 0 bridgehead atoms. The Bertz CT molecular complexity index is 256. The lowest BCUT2D eigenvalue weighted by Gasteiger charge is -2.17. The third-order valence-electron chi connectivity index (χ3n) is 2.13. The molecular weight excluding hydrogens is 148 g/mol. The zero-order chi connectivity index (χ0) is 9.14. The minimum atomic E-state index is 0.110. The van der Waals surface area contributed by atoms with Crippen LogP contribution in [0.15, 0.2) is 18.3 Å². The monoisotopic (exact) mass is 164 g/mol. The van der Waals surface area contributed by atoms with Crippen molar-refractivity contribution in [1.29, 1.82) is 0 Å². The van der Waals surface area contributed by atoms with Gasteiger partial charge >= 0.3 is 0 Å². The van der Waals surface area contributed by atoms with Crippen molar-refractivity contribution in [2.45, 2.75) is 26.8 Å². The number of nitrogens with two attached hydrogens (primary N) is 1. The van der Waals surface area contributed by atoms with E-state index in [1.165, 1.54) is 0 Å². The smallest absolute Gasteiger partial charge is 0.0420 e. The third kappa shape index (κ3) is 1.83. The van der Waals surface area contributed by atoms with Gasteiger partial charge in [-0.2, -0.15) is 0 Å². The first kappa shape index (κ1) is 9.20. The molecule has 0 aromatic carbocycles. The molecule has 0 unspecified atom stereocenters. The second-order valence-electron chi connectivity index (χ2n) is 3.45. The van der Waals surface area contributed by atoms with Crippen molar-refractivity contribution < 1.29 is 0 Å². The number of hydrogen-bond acceptors (Lipinski definition) is 2. The number of rotatable bonds is 2. The Morgan fingerprint density at radius 3 is 2.58 bits per heavy atom. The van der Waals surface area contributed by atoms with E-state index in [1.807, 2.05) is 19.1 Å². The van der Waals surface area contributed by atoms with Gasteiger partial charge in [-0.15, -0.1) is 0 Å². The van der Waals surface area contributed by atoms with Gasteiger partial charge in [-0.3, -0.25) is 4.98 Å². The maximum atomic E-state index is 6.00. The molecule has 0 aliphatic heterocycles. The first-order valence-electron chi connectivity index (χ1n) is 4.30. The highest BCUT2D eigenvalue weighted by Crippen LogP contribution is 2.19. The maximum Gasteiger partial charge on any atom is 0.0420 e. The molecule has 0 aliphatic carbocycles. The van der Waals surface area contributed by atoms with E-state index in [4.69, 9.17) is 5.73 Å². The highest BCUT2D eigenvalue weighted by Gasteiger charge is 2.12. The van der Waals surface area contributed by atoms with Gasteiger partial charge < -0.3 is 5.73 Å². The molecule has 2 N–H and O–H groups in total. The van der Waals surface area contributed by atoms with Gasteiger partial charge in [0.05, 0.1) is 0 Å². The van der Waals surface area contributed by atoms with Crippen molar-refractivity contribution in [3.8, 4) is 0 Å². The van der Waals surface area contributed by atoms with Crippen molar-refractivity contribution in [2.75, 3.05) is 0 Å². The second kappa shape index (κ2) is 3.68. The van der Waals surface area contributed by atoms with E-state index in [0.29, 0.717) is 5.92 Å². The average molecular weight is 164 g/mol. The molecule has 0 aliphatic rings. The fourth-order valence-corrected chi connectivity index (χ4v) is 1.21. The van der Waals surface area contributed by atoms with Crippen LogP contribution in [-0.4, -0.2) is 4.98 Å². The van der Waals surface area contributed by atoms with E-state index in [1.54, 1.807) is 6.20 Å². The zero-order valence-corrected chi connectivity index (χ0v) is 7.91. The van der Waals surface area contributed by atoms with Crippen LogP contribution in [0.4, 0.5) is 0 Å². The first-order valence-corrected chi connectivity index (χ1v) is 4.30. The normalized spacial score (nSPS) is 13.4. The van der Waals surface area contributed by atoms with Crippen LogP contribution in [0.2, 0.25) is 0 Å². The van der Waals surface area contributed by atoms with Gasteiger partial charge in [0, 0.05) is 17.9 Å². The van der Waals surface area contributed by atoms with Crippen molar-refractivity contribution in [2.24, 2.45) is 11.7 Å². The van der Waals surface area contributed by atoms with E-state index in [2.05, 4.69) is 18.8 Å². The molecule has 0 radical (unpaired) electrons. The lowest BCUT2D eigenvalue weighted by Crippen LogP contribution is -2.18. The molecular formula is C10H16N2. The first-order chi connectivity index (χ1) is 5.63. The Morgan fingerprint density at radius 2 is 2.08 bits per heavy atom. The highest BCUT2D eigenvalue weighted by molar-refractivity contribution is 5.22. The van der Waals surface area contributed by atoms with Crippen molar-refractivity contribution in [3.63, 3.8) is 0 Å². The number of pyridine rings is 1. The summed E-state index contributed by atoms with van der Waals surface area (Å²) in [4.78, 5) is 4.20. The molecule has 0 fully saturated rings. The standard InChI is InChI=1S/C10H16N2/c1-7(2)10(11)9-5-4-6-12-8(9)3/h4-7,10H,11H2,1-3H3/t10-/m1/s1. The molecule has 1 heterocycles. The molecule has 1 atom stereocenters. The van der Waals surface area contributed by atoms with Crippen LogP contribution in [0.3, 0.4) is 0 Å². The predicted octanol–water partition coefficient (Wildman–Crippen LogP) is 2.05. The molecule has 66 valence electrons. The largest absolute Gasteiger partial charge is 0.324 e. The summed E-state index contributed by atoms with van der Waals surface area (Å²) >= 11 is 0. The SMILES string of the molecule is Cc1ncccc1[C@H](N)C(C)C. The highest BCUT2D eigenvalue weighted by atomic mass is 14.7. The Hall–Kier alpha value is -0.890. The van der Waals surface area contributed by atoms with Crippen LogP contribution in [-0.2, 0) is 0 Å². The summed E-state index contributed by atoms with van der Waals surface area (Å²) in [7, 11) is 0. The number of hydrogen-bond donors (Lipinski definition) is 1. The molecule has 0 spiro atoms. The minimum absolute atomic E-state index is 0.110. The van der Waals surface area contributed by atoms with Crippen molar-refractivity contribution >= 4 is 0 Å². The van der Waals surface area contributed by atoms with E-state index >= 15 is 0 Å². The van der Waals surface area contributed by atoms with Crippen LogP contribution in [0.25, 0.3) is 0 Å². The quantitative estimate of drug-likeness (QED) is 0.726. The van der Waals surface area contributed by atoms with Gasteiger partial charge in [0.25, 0.3) is 0 Å². The average Bonchev–Trinajstić information content (AvgIpc) is 2.04. The van der Waals surface area contributed by atoms with E-state index in [9.17, 15) is 0 Å². The molecule has 2 nitrogen and oxygen atoms in total. The topological polar surface area (TPSA) is 38.9 Å². The molecule has 0 saturated heterocycles. The lowest BCUT2D eigenvalue weighted by molar-refractivity contribution is 0.510. The minimum Gasteiger partial charge on any atom is -0.324 e. The third-order valence-corrected chi connectivity index (χ3v) is 2.13. The molecule has 1 aromatic rings. The molecule has 1 rings (SSSR count). The van der Waals surface area contributed by atoms with Crippen LogP contribution < -0.4 is 5.73 Å². The summed E-state index contributed by atoms with van der Waals surface area (Å²) < 4.78 is 0. The summed E-state index contributed by atoms with van der Waals surface area (Å²) in [6, 6.07) is 4.09. The van der Waals surface area contributed by atoms with E-state index in [-0.39, 0.29) is 6.04 Å². The van der Waals surface area contributed by atoms with Crippen LogP contribution >= 0.6 is 0 Å². The Balaban J connectivity index is 2.94. The summed E-state index contributed by atoms with van der Waals surface area (Å²) in [6.45, 7) is 6.24. The van der Waals surface area contributed by atoms with E-state index in [0.717, 1.165) is 11.3 Å². The van der Waals surface area contributed by atoms with Gasteiger partial charge in [-0.1, -0.05) is 19.9 Å². The molecule has 12 heavy (non-hydrogen) atoms. The van der Waals surface area contributed by atoms with Gasteiger partial charge in [-0.05, 0) is 24.5 Å². The van der Waals surface area contributed by atoms with Crippen LogP contribution in [0.1, 0.15) is 31.1 Å². The van der Waals surface area contributed by atoms with Crippen molar-refractivity contribution in [1.82, 2.24) is 4.98 Å². The maximum absolute atomic E-state index is 6.00. The fourth-order valence-electron chi connectivity index (χ4n) is 1.21. The van der Waals surface area contributed by atoms with Gasteiger partial charge in [0.2, 0.25) is 0 Å². The Morgan fingerprint density at radius 1 is 1.42 bits per heavy atom. The number of nitrogens with zero attached hydrogens (tertiary/aromatic N) is 1. The summed E-state index contributed by atoms with van der Waals surface area (Å²) in [5.41, 5.74) is 8.20. The molecule has 1 aromatic heterocycles. The number of aromatic nitrogens is 1. The second-order valence-corrected chi connectivity index (χ2v) is 3.45. The zero-order valence-electron chi connectivity index (χ0n) is 7.91. The van der Waals surface area contributed by atoms with Gasteiger partial charge in [0.15, 0.2) is 0 Å². The number of aryl methyl sites for hydroxylation is 1. The lowest BCUT2D eigenvalue weighted by atomic mass is 9.96. The Kier molecular flexibility index (Phi) is 2.82. The fraction of sp³-hybridized carbons (Fsp3) is 0.500. The van der Waals surface area contributed by atoms with Crippen LogP contribution in [0, 0.1) is 12.8 Å². The summed E-state index contributed by atoms with van der Waals surface area (Å²) in [5.74, 6) is 0.466. The van der Waals surface area contributed by atoms with Gasteiger partial charge in [-0.25, -0.2) is 0 Å². The Labute approximate surface area is 73.8 Å². The van der Waals surface area contributed by atoms with Crippen LogP contribution in [0.5, 0.6) is 0 Å². The molecule has 0 amide bonds. The molecule has 0 saturated carbocycles. The predicted molar refractivity (Wildman–Crippen MR) is 50.7 cm³/mol. The summed E-state index contributed by atoms with van der Waals surface area (Å²) in [6.07, 6.45) is 1.80. The summed E-state index contributed by atoms with van der Waals surface area (Å²) in [5, 5.41) is 0. The molecule has 2 heteroatoms. The van der Waals surface area contributed by atoms with Crippen molar-refractivity contribution in [3.05, 3.63) is 29.6 Å². The van der Waals surface area contributed by atoms with Gasteiger partial charge in [0.1, 0.15) is 0 Å².